The third-order valence-electron chi connectivity index (χ3n) is 5.19. The first kappa shape index (κ1) is 19.2. The Kier molecular flexibility index (Phi) is 5.25. The second kappa shape index (κ2) is 8.18. The average molecular weight is 438 g/mol. The van der Waals surface area contributed by atoms with E-state index in [4.69, 9.17) is 26.3 Å². The monoisotopic (exact) mass is 437 g/mol. The molecule has 0 radical (unpaired) electrons. The first-order valence-electron chi connectivity index (χ1n) is 9.72. The van der Waals surface area contributed by atoms with E-state index in [2.05, 4.69) is 15.6 Å². The zero-order valence-electron chi connectivity index (χ0n) is 16.4. The standard InChI is InChI=1S/C22H20ClN5OS/c1-29-17-3-2-13(10-16(17)23)11-26-21-19-15-6-9-25-12-18(15)30-22(19)28-20(27-21)14-4-7-24-8-5-14/h2-5,7-8,10,25H,6,9,11-12H2,1H3,(H,26,27,28). The normalized spacial score (nSPS) is 13.3. The molecule has 4 aromatic rings. The Balaban J connectivity index is 1.56. The van der Waals surface area contributed by atoms with E-state index in [0.717, 1.165) is 46.7 Å². The molecule has 30 heavy (non-hydrogen) atoms. The number of nitrogens with zero attached hydrogens (tertiary/aromatic N) is 3. The molecule has 3 aromatic heterocycles. The number of nitrogens with one attached hydrogen (secondary N) is 2. The molecule has 0 amide bonds. The minimum absolute atomic E-state index is 0.598. The molecule has 1 aliphatic heterocycles. The van der Waals surface area contributed by atoms with Crippen molar-refractivity contribution in [3.8, 4) is 17.1 Å². The largest absolute Gasteiger partial charge is 0.495 e. The van der Waals surface area contributed by atoms with Crippen molar-refractivity contribution in [2.75, 3.05) is 19.0 Å². The van der Waals surface area contributed by atoms with Crippen molar-refractivity contribution in [1.29, 1.82) is 0 Å². The Morgan fingerprint density at radius 1 is 1.20 bits per heavy atom. The maximum Gasteiger partial charge on any atom is 0.163 e. The predicted octanol–water partition coefficient (Wildman–Crippen LogP) is 4.67. The van der Waals surface area contributed by atoms with Crippen LogP contribution in [0.5, 0.6) is 5.75 Å². The van der Waals surface area contributed by atoms with Crippen LogP contribution in [0.1, 0.15) is 16.0 Å². The Labute approximate surface area is 183 Å². The number of aromatic nitrogens is 3. The summed E-state index contributed by atoms with van der Waals surface area (Å²) in [5, 5.41) is 8.72. The number of hydrogen-bond donors (Lipinski definition) is 2. The fourth-order valence-electron chi connectivity index (χ4n) is 3.69. The van der Waals surface area contributed by atoms with E-state index in [1.54, 1.807) is 30.8 Å². The number of ether oxygens (including phenoxy) is 1. The summed E-state index contributed by atoms with van der Waals surface area (Å²) in [5.41, 5.74) is 3.36. The highest BCUT2D eigenvalue weighted by atomic mass is 35.5. The number of thiophene rings is 1. The number of anilines is 1. The van der Waals surface area contributed by atoms with Crippen LogP contribution in [0.25, 0.3) is 21.6 Å². The maximum absolute atomic E-state index is 6.30. The van der Waals surface area contributed by atoms with Gasteiger partial charge in [0.2, 0.25) is 0 Å². The summed E-state index contributed by atoms with van der Waals surface area (Å²) in [6.45, 7) is 2.46. The number of benzene rings is 1. The fourth-order valence-corrected chi connectivity index (χ4v) is 5.16. The highest BCUT2D eigenvalue weighted by Crippen LogP contribution is 2.37. The lowest BCUT2D eigenvalue weighted by molar-refractivity contribution is 0.415. The molecule has 0 unspecified atom stereocenters. The number of methoxy groups -OCH3 is 1. The van der Waals surface area contributed by atoms with Gasteiger partial charge in [-0.25, -0.2) is 9.97 Å². The molecule has 1 aliphatic rings. The van der Waals surface area contributed by atoms with Crippen LogP contribution >= 0.6 is 22.9 Å². The van der Waals surface area contributed by atoms with E-state index in [9.17, 15) is 0 Å². The lowest BCUT2D eigenvalue weighted by atomic mass is 10.1. The predicted molar refractivity (Wildman–Crippen MR) is 121 cm³/mol. The van der Waals surface area contributed by atoms with E-state index in [0.29, 0.717) is 23.1 Å². The second-order valence-electron chi connectivity index (χ2n) is 7.06. The summed E-state index contributed by atoms with van der Waals surface area (Å²) in [4.78, 5) is 16.2. The molecule has 5 rings (SSSR count). The molecule has 6 nitrogen and oxygen atoms in total. The van der Waals surface area contributed by atoms with Gasteiger partial charge in [0.1, 0.15) is 16.4 Å². The van der Waals surface area contributed by atoms with Gasteiger partial charge in [-0.3, -0.25) is 4.98 Å². The molecule has 0 fully saturated rings. The summed E-state index contributed by atoms with van der Waals surface area (Å²) < 4.78 is 5.25. The molecule has 0 saturated carbocycles. The summed E-state index contributed by atoms with van der Waals surface area (Å²) in [5.74, 6) is 2.23. The summed E-state index contributed by atoms with van der Waals surface area (Å²) in [6.07, 6.45) is 4.51. The Bertz CT molecular complexity index is 1210. The van der Waals surface area contributed by atoms with Crippen LogP contribution in [-0.4, -0.2) is 28.6 Å². The lowest BCUT2D eigenvalue weighted by Crippen LogP contribution is -2.22. The van der Waals surface area contributed by atoms with Crippen LogP contribution in [0.4, 0.5) is 5.82 Å². The first-order valence-corrected chi connectivity index (χ1v) is 10.9. The molecule has 0 spiro atoms. The summed E-state index contributed by atoms with van der Waals surface area (Å²) in [6, 6.07) is 9.68. The number of hydrogen-bond acceptors (Lipinski definition) is 7. The summed E-state index contributed by atoms with van der Waals surface area (Å²) >= 11 is 8.04. The van der Waals surface area contributed by atoms with Gasteiger partial charge < -0.3 is 15.4 Å². The van der Waals surface area contributed by atoms with Crippen LogP contribution in [-0.2, 0) is 19.5 Å². The molecule has 0 aliphatic carbocycles. The zero-order chi connectivity index (χ0) is 20.5. The van der Waals surface area contributed by atoms with Crippen molar-refractivity contribution in [2.45, 2.75) is 19.5 Å². The molecule has 8 heteroatoms. The van der Waals surface area contributed by atoms with Crippen molar-refractivity contribution in [2.24, 2.45) is 0 Å². The smallest absolute Gasteiger partial charge is 0.163 e. The van der Waals surface area contributed by atoms with Gasteiger partial charge in [0.05, 0.1) is 17.5 Å². The minimum Gasteiger partial charge on any atom is -0.495 e. The number of rotatable bonds is 5. The van der Waals surface area contributed by atoms with Gasteiger partial charge in [0, 0.05) is 35.9 Å². The SMILES string of the molecule is COc1ccc(CNc2nc(-c3ccncc3)nc3sc4c(c23)CCNC4)cc1Cl. The maximum atomic E-state index is 6.30. The zero-order valence-corrected chi connectivity index (χ0v) is 18.0. The minimum atomic E-state index is 0.598. The van der Waals surface area contributed by atoms with E-state index in [1.807, 2.05) is 30.3 Å². The summed E-state index contributed by atoms with van der Waals surface area (Å²) in [7, 11) is 1.62. The van der Waals surface area contributed by atoms with Gasteiger partial charge >= 0.3 is 0 Å². The number of fused-ring (bicyclic) bond motifs is 3. The van der Waals surface area contributed by atoms with Crippen molar-refractivity contribution in [3.05, 3.63) is 63.8 Å². The molecule has 0 atom stereocenters. The van der Waals surface area contributed by atoms with E-state index in [1.165, 1.54) is 10.4 Å². The molecule has 0 bridgehead atoms. The van der Waals surface area contributed by atoms with Gasteiger partial charge in [0.15, 0.2) is 5.82 Å². The third kappa shape index (κ3) is 3.60. The highest BCUT2D eigenvalue weighted by Gasteiger charge is 2.21. The lowest BCUT2D eigenvalue weighted by Gasteiger charge is -2.15. The Hall–Kier alpha value is -2.74. The van der Waals surface area contributed by atoms with Gasteiger partial charge in [-0.2, -0.15) is 0 Å². The average Bonchev–Trinajstić information content (AvgIpc) is 3.17. The molecule has 2 N–H and O–H groups in total. The topological polar surface area (TPSA) is 72.0 Å². The van der Waals surface area contributed by atoms with E-state index >= 15 is 0 Å². The van der Waals surface area contributed by atoms with Crippen molar-refractivity contribution < 1.29 is 4.74 Å². The molecule has 0 saturated heterocycles. The van der Waals surface area contributed by atoms with Gasteiger partial charge in [-0.1, -0.05) is 17.7 Å². The molecular weight excluding hydrogens is 418 g/mol. The molecule has 4 heterocycles. The Morgan fingerprint density at radius 2 is 2.07 bits per heavy atom. The van der Waals surface area contributed by atoms with Gasteiger partial charge in [-0.15, -0.1) is 11.3 Å². The Morgan fingerprint density at radius 3 is 2.87 bits per heavy atom. The van der Waals surface area contributed by atoms with Gasteiger partial charge in [-0.05, 0) is 48.4 Å². The first-order chi connectivity index (χ1) is 14.7. The van der Waals surface area contributed by atoms with Crippen molar-refractivity contribution in [3.63, 3.8) is 0 Å². The molecular formula is C22H20ClN5OS. The van der Waals surface area contributed by atoms with Crippen LogP contribution in [0.3, 0.4) is 0 Å². The van der Waals surface area contributed by atoms with Crippen LogP contribution in [0, 0.1) is 0 Å². The van der Waals surface area contributed by atoms with Crippen molar-refractivity contribution in [1.82, 2.24) is 20.3 Å². The quantitative estimate of drug-likeness (QED) is 0.472. The van der Waals surface area contributed by atoms with Crippen LogP contribution < -0.4 is 15.4 Å². The van der Waals surface area contributed by atoms with E-state index in [-0.39, 0.29) is 0 Å². The van der Waals surface area contributed by atoms with Crippen LogP contribution in [0.15, 0.2) is 42.7 Å². The molecule has 152 valence electrons. The number of pyridine rings is 1. The third-order valence-corrected chi connectivity index (χ3v) is 6.61. The van der Waals surface area contributed by atoms with Crippen LogP contribution in [0.2, 0.25) is 5.02 Å². The highest BCUT2D eigenvalue weighted by molar-refractivity contribution is 7.19. The van der Waals surface area contributed by atoms with Gasteiger partial charge in [0.25, 0.3) is 0 Å². The van der Waals surface area contributed by atoms with Crippen molar-refractivity contribution >= 4 is 39.0 Å². The second-order valence-corrected chi connectivity index (χ2v) is 8.56. The van der Waals surface area contributed by atoms with E-state index < -0.39 is 0 Å². The molecule has 1 aromatic carbocycles. The number of halogens is 1. The fraction of sp³-hybridized carbons (Fsp3) is 0.227.